The van der Waals surface area contributed by atoms with E-state index in [9.17, 15) is 9.59 Å². The molecule has 20 heavy (non-hydrogen) atoms. The molecule has 0 aromatic rings. The fraction of sp³-hybridized carbons (Fsp3) is 0.533. The zero-order valence-corrected chi connectivity index (χ0v) is 11.5. The maximum absolute atomic E-state index is 12.3. The number of hydrogen-bond acceptors (Lipinski definition) is 3. The van der Waals surface area contributed by atoms with Gasteiger partial charge in [0.2, 0.25) is 5.91 Å². The van der Waals surface area contributed by atoms with Crippen LogP contribution in [0.4, 0.5) is 0 Å². The number of hydrogen-bond donors (Lipinski definition) is 0. The first-order chi connectivity index (χ1) is 9.72. The molecule has 0 spiro atoms. The van der Waals surface area contributed by atoms with Crippen LogP contribution in [0.2, 0.25) is 0 Å². The van der Waals surface area contributed by atoms with Gasteiger partial charge >= 0.3 is 0 Å². The quantitative estimate of drug-likeness (QED) is 0.431. The Labute approximate surface area is 119 Å². The molecule has 0 saturated carbocycles. The molecule has 1 atom stereocenters. The lowest BCUT2D eigenvalue weighted by molar-refractivity contribution is -0.140. The van der Waals surface area contributed by atoms with E-state index in [0.29, 0.717) is 32.2 Å². The Balaban J connectivity index is 1.80. The summed E-state index contributed by atoms with van der Waals surface area (Å²) in [5.74, 6) is -0.745. The van der Waals surface area contributed by atoms with Gasteiger partial charge in [-0.15, -0.1) is 6.58 Å². The number of likely N-dealkylation sites (tertiary alicyclic amines) is 1. The van der Waals surface area contributed by atoms with Gasteiger partial charge in [-0.1, -0.05) is 12.2 Å². The van der Waals surface area contributed by atoms with E-state index in [-0.39, 0.29) is 11.8 Å². The van der Waals surface area contributed by atoms with Crippen molar-refractivity contribution < 1.29 is 14.3 Å². The summed E-state index contributed by atoms with van der Waals surface area (Å²) in [6.07, 6.45) is 8.26. The van der Waals surface area contributed by atoms with Crippen LogP contribution in [0.15, 0.2) is 29.8 Å². The Bertz CT molecular complexity index is 434. The van der Waals surface area contributed by atoms with Crippen LogP contribution >= 0.6 is 0 Å². The Morgan fingerprint density at radius 1 is 1.50 bits per heavy atom. The minimum absolute atomic E-state index is 0.131. The van der Waals surface area contributed by atoms with Gasteiger partial charge in [-0.2, -0.15) is 0 Å². The molecule has 2 amide bonds. The Morgan fingerprint density at radius 3 is 2.90 bits per heavy atom. The second-order valence-corrected chi connectivity index (χ2v) is 5.07. The molecule has 2 aliphatic heterocycles. The van der Waals surface area contributed by atoms with Crippen molar-refractivity contribution in [3.8, 4) is 0 Å². The van der Waals surface area contributed by atoms with Gasteiger partial charge in [-0.05, 0) is 24.8 Å². The van der Waals surface area contributed by atoms with Crippen LogP contribution in [0, 0.1) is 11.8 Å². The molecule has 1 saturated heterocycles. The van der Waals surface area contributed by atoms with Crippen molar-refractivity contribution in [3.63, 3.8) is 0 Å². The van der Waals surface area contributed by atoms with E-state index in [0.717, 1.165) is 12.8 Å². The summed E-state index contributed by atoms with van der Waals surface area (Å²) in [7, 11) is 0. The molecule has 108 valence electrons. The van der Waals surface area contributed by atoms with Crippen LogP contribution in [-0.4, -0.2) is 49.2 Å². The van der Waals surface area contributed by atoms with Gasteiger partial charge in [0.25, 0.3) is 5.91 Å². The number of nitrogens with zero attached hydrogens (tertiary/aromatic N) is 2. The lowest BCUT2D eigenvalue weighted by Gasteiger charge is -2.33. The first-order valence-corrected chi connectivity index (χ1v) is 6.94. The lowest BCUT2D eigenvalue weighted by Crippen LogP contribution is -2.44. The molecule has 5 heteroatoms. The predicted molar refractivity (Wildman–Crippen MR) is 76.4 cm³/mol. The van der Waals surface area contributed by atoms with Crippen LogP contribution < -0.4 is 0 Å². The summed E-state index contributed by atoms with van der Waals surface area (Å²) >= 11 is 0. The lowest BCUT2D eigenvalue weighted by atomic mass is 9.96. The number of amides is 2. The normalized spacial score (nSPS) is 23.1. The highest BCUT2D eigenvalue weighted by Gasteiger charge is 2.31. The van der Waals surface area contributed by atoms with Crippen LogP contribution in [0.3, 0.4) is 0 Å². The Kier molecular flexibility index (Phi) is 5.24. The van der Waals surface area contributed by atoms with E-state index in [1.54, 1.807) is 23.1 Å². The summed E-state index contributed by atoms with van der Waals surface area (Å²) in [5.41, 5.74) is 0. The molecule has 0 N–H and O–H groups in total. The smallest absolute Gasteiger partial charge is 0.262 e. The number of allylic oxidation sites excluding steroid dienone is 1. The molecular formula is C15H20N2O3. The molecule has 1 unspecified atom stereocenters. The maximum atomic E-state index is 12.3. The minimum atomic E-state index is -0.728. The fourth-order valence-corrected chi connectivity index (χ4v) is 2.46. The van der Waals surface area contributed by atoms with Crippen LogP contribution in [0.5, 0.6) is 0 Å². The van der Waals surface area contributed by atoms with Crippen LogP contribution in [0.1, 0.15) is 12.8 Å². The van der Waals surface area contributed by atoms with Crippen LogP contribution in [0.25, 0.3) is 0 Å². The van der Waals surface area contributed by atoms with Gasteiger partial charge in [0.05, 0.1) is 6.61 Å². The monoisotopic (exact) mass is 276 g/mol. The SMILES string of the molecule is C=CCOCC1CCN(C(=O)C2C=CC=NC2=O)CC1. The molecule has 5 nitrogen and oxygen atoms in total. The Hall–Kier alpha value is -1.75. The van der Waals surface area contributed by atoms with Crippen molar-refractivity contribution in [2.24, 2.45) is 16.8 Å². The second kappa shape index (κ2) is 7.14. The fourth-order valence-electron chi connectivity index (χ4n) is 2.46. The van der Waals surface area contributed by atoms with E-state index in [4.69, 9.17) is 4.74 Å². The van der Waals surface area contributed by atoms with E-state index < -0.39 is 5.92 Å². The maximum Gasteiger partial charge on any atom is 0.262 e. The third-order valence-electron chi connectivity index (χ3n) is 3.64. The van der Waals surface area contributed by atoms with E-state index in [1.165, 1.54) is 6.21 Å². The van der Waals surface area contributed by atoms with Crippen molar-refractivity contribution in [1.82, 2.24) is 4.90 Å². The van der Waals surface area contributed by atoms with Gasteiger partial charge < -0.3 is 9.64 Å². The highest BCUT2D eigenvalue weighted by Crippen LogP contribution is 2.20. The minimum Gasteiger partial charge on any atom is -0.377 e. The standard InChI is InChI=1S/C15H20N2O3/c1-2-10-20-11-12-5-8-17(9-6-12)15(19)13-4-3-7-16-14(13)18/h2-4,7,12-13H,1,5-6,8-11H2. The van der Waals surface area contributed by atoms with Crippen LogP contribution in [-0.2, 0) is 14.3 Å². The van der Waals surface area contributed by atoms with Gasteiger partial charge in [0.15, 0.2) is 0 Å². The number of rotatable bonds is 5. The zero-order chi connectivity index (χ0) is 14.4. The van der Waals surface area contributed by atoms with Crippen molar-refractivity contribution in [1.29, 1.82) is 0 Å². The van der Waals surface area contributed by atoms with Crippen molar-refractivity contribution in [3.05, 3.63) is 24.8 Å². The molecule has 2 rings (SSSR count). The molecule has 0 aromatic carbocycles. The molecule has 0 aliphatic carbocycles. The highest BCUT2D eigenvalue weighted by atomic mass is 16.5. The number of aliphatic imine (C=N–C) groups is 1. The second-order valence-electron chi connectivity index (χ2n) is 5.07. The molecule has 0 bridgehead atoms. The molecule has 1 fully saturated rings. The number of ether oxygens (including phenoxy) is 1. The summed E-state index contributed by atoms with van der Waals surface area (Å²) in [4.78, 5) is 29.3. The van der Waals surface area contributed by atoms with Crippen molar-refractivity contribution in [2.45, 2.75) is 12.8 Å². The average molecular weight is 276 g/mol. The molecule has 0 radical (unpaired) electrons. The van der Waals surface area contributed by atoms with E-state index >= 15 is 0 Å². The predicted octanol–water partition coefficient (Wildman–Crippen LogP) is 1.21. The third-order valence-corrected chi connectivity index (χ3v) is 3.64. The van der Waals surface area contributed by atoms with Gasteiger partial charge in [-0.3, -0.25) is 9.59 Å². The highest BCUT2D eigenvalue weighted by molar-refractivity contribution is 6.07. The van der Waals surface area contributed by atoms with Crippen molar-refractivity contribution in [2.75, 3.05) is 26.3 Å². The molecule has 2 heterocycles. The number of carbonyl (C=O) groups is 2. The summed E-state index contributed by atoms with van der Waals surface area (Å²) in [6, 6.07) is 0. The summed E-state index contributed by atoms with van der Waals surface area (Å²) in [6.45, 7) is 6.25. The summed E-state index contributed by atoms with van der Waals surface area (Å²) in [5, 5.41) is 0. The first kappa shape index (κ1) is 14.7. The largest absolute Gasteiger partial charge is 0.377 e. The molecular weight excluding hydrogens is 256 g/mol. The molecule has 0 aromatic heterocycles. The van der Waals surface area contributed by atoms with E-state index in [1.807, 2.05) is 0 Å². The molecule has 2 aliphatic rings. The average Bonchev–Trinajstić information content (AvgIpc) is 2.48. The number of carbonyl (C=O) groups excluding carboxylic acids is 2. The first-order valence-electron chi connectivity index (χ1n) is 6.94. The van der Waals surface area contributed by atoms with E-state index in [2.05, 4.69) is 11.6 Å². The van der Waals surface area contributed by atoms with Gasteiger partial charge in [-0.25, -0.2) is 4.99 Å². The van der Waals surface area contributed by atoms with Crippen molar-refractivity contribution >= 4 is 18.0 Å². The van der Waals surface area contributed by atoms with Gasteiger partial charge in [0, 0.05) is 25.9 Å². The third kappa shape index (κ3) is 3.63. The number of dihydropyridines is 1. The number of piperidine rings is 1. The topological polar surface area (TPSA) is 59.0 Å². The van der Waals surface area contributed by atoms with Gasteiger partial charge in [0.1, 0.15) is 5.92 Å². The zero-order valence-electron chi connectivity index (χ0n) is 11.5. The Morgan fingerprint density at radius 2 is 2.25 bits per heavy atom. The summed E-state index contributed by atoms with van der Waals surface area (Å²) < 4.78 is 5.45.